The van der Waals surface area contributed by atoms with Crippen LogP contribution in [-0.4, -0.2) is 15.6 Å². The van der Waals surface area contributed by atoms with Gasteiger partial charge in [-0.2, -0.15) is 5.10 Å². The van der Waals surface area contributed by atoms with Gasteiger partial charge in [0.05, 0.1) is 22.8 Å². The number of hydrogen-bond donors (Lipinski definition) is 1. The summed E-state index contributed by atoms with van der Waals surface area (Å²) in [6, 6.07) is 4.85. The lowest BCUT2D eigenvalue weighted by Gasteiger charge is -2.07. The number of benzene rings is 1. The van der Waals surface area contributed by atoms with Crippen LogP contribution in [0.15, 0.2) is 18.2 Å². The summed E-state index contributed by atoms with van der Waals surface area (Å²) in [5.74, 6) is -0.101. The van der Waals surface area contributed by atoms with Gasteiger partial charge in [-0.05, 0) is 32.0 Å². The number of aromatic nitrogens is 2. The van der Waals surface area contributed by atoms with E-state index in [0.717, 1.165) is 5.69 Å². The molecule has 6 heteroatoms. The van der Waals surface area contributed by atoms with Crippen LogP contribution in [0.1, 0.15) is 28.7 Å². The molecule has 1 aromatic carbocycles. The zero-order valence-corrected chi connectivity index (χ0v) is 12.8. The molecule has 1 heterocycles. The summed E-state index contributed by atoms with van der Waals surface area (Å²) in [4.78, 5) is 12.4. The van der Waals surface area contributed by atoms with Gasteiger partial charge in [-0.25, -0.2) is 0 Å². The number of nitrogens with zero attached hydrogens (tertiary/aromatic N) is 2. The van der Waals surface area contributed by atoms with Crippen molar-refractivity contribution in [2.75, 3.05) is 5.73 Å². The van der Waals surface area contributed by atoms with Crippen molar-refractivity contribution >= 4 is 34.7 Å². The standard InChI is InChI=1S/C14H15Cl2N3O/c1-3-19-12(14(16)8(2)18-19)7-13(20)10-5-4-9(15)6-11(10)17/h4-6H,3,7,17H2,1-2H3. The molecule has 0 saturated heterocycles. The van der Waals surface area contributed by atoms with E-state index in [1.54, 1.807) is 22.9 Å². The third-order valence-electron chi connectivity index (χ3n) is 3.09. The van der Waals surface area contributed by atoms with E-state index in [-0.39, 0.29) is 12.2 Å². The Bertz CT molecular complexity index is 665. The normalized spacial score (nSPS) is 10.8. The van der Waals surface area contributed by atoms with E-state index in [4.69, 9.17) is 28.9 Å². The van der Waals surface area contributed by atoms with Crippen LogP contribution in [0.2, 0.25) is 10.0 Å². The van der Waals surface area contributed by atoms with E-state index in [2.05, 4.69) is 5.10 Å². The van der Waals surface area contributed by atoms with E-state index in [0.29, 0.717) is 33.5 Å². The van der Waals surface area contributed by atoms with Crippen molar-refractivity contribution in [2.24, 2.45) is 0 Å². The van der Waals surface area contributed by atoms with Crippen molar-refractivity contribution in [3.8, 4) is 0 Å². The van der Waals surface area contributed by atoms with Crippen LogP contribution in [0.5, 0.6) is 0 Å². The molecule has 0 aliphatic carbocycles. The highest BCUT2D eigenvalue weighted by atomic mass is 35.5. The third kappa shape index (κ3) is 2.81. The van der Waals surface area contributed by atoms with E-state index < -0.39 is 0 Å². The summed E-state index contributed by atoms with van der Waals surface area (Å²) in [6.07, 6.45) is 0.166. The van der Waals surface area contributed by atoms with Crippen LogP contribution < -0.4 is 5.73 Å². The Morgan fingerprint density at radius 3 is 2.70 bits per heavy atom. The van der Waals surface area contributed by atoms with Gasteiger partial charge in [0.25, 0.3) is 0 Å². The Morgan fingerprint density at radius 2 is 2.10 bits per heavy atom. The maximum absolute atomic E-state index is 12.4. The first kappa shape index (κ1) is 14.9. The maximum atomic E-state index is 12.4. The number of anilines is 1. The van der Waals surface area contributed by atoms with E-state index in [1.165, 1.54) is 0 Å². The summed E-state index contributed by atoms with van der Waals surface area (Å²) in [6.45, 7) is 4.43. The summed E-state index contributed by atoms with van der Waals surface area (Å²) < 4.78 is 1.74. The second-order valence-corrected chi connectivity index (χ2v) is 5.31. The van der Waals surface area contributed by atoms with Gasteiger partial charge in [0.15, 0.2) is 5.78 Å². The van der Waals surface area contributed by atoms with Crippen molar-refractivity contribution in [1.82, 2.24) is 9.78 Å². The number of carbonyl (C=O) groups is 1. The van der Waals surface area contributed by atoms with Gasteiger partial charge in [0, 0.05) is 22.8 Å². The topological polar surface area (TPSA) is 60.9 Å². The van der Waals surface area contributed by atoms with Crippen LogP contribution in [0.3, 0.4) is 0 Å². The molecule has 2 aromatic rings. The Labute approximate surface area is 127 Å². The maximum Gasteiger partial charge on any atom is 0.170 e. The first-order valence-corrected chi connectivity index (χ1v) is 6.99. The average molecular weight is 312 g/mol. The number of nitrogen functional groups attached to an aromatic ring is 1. The van der Waals surface area contributed by atoms with E-state index in [9.17, 15) is 4.79 Å². The summed E-state index contributed by atoms with van der Waals surface area (Å²) in [7, 11) is 0. The van der Waals surface area contributed by atoms with Gasteiger partial charge in [0.2, 0.25) is 0 Å². The van der Waals surface area contributed by atoms with Crippen LogP contribution in [-0.2, 0) is 13.0 Å². The minimum Gasteiger partial charge on any atom is -0.398 e. The van der Waals surface area contributed by atoms with Crippen molar-refractivity contribution < 1.29 is 4.79 Å². The number of nitrogens with two attached hydrogens (primary N) is 1. The second kappa shape index (κ2) is 5.85. The fourth-order valence-corrected chi connectivity index (χ4v) is 2.46. The van der Waals surface area contributed by atoms with Crippen molar-refractivity contribution in [2.45, 2.75) is 26.8 Å². The second-order valence-electron chi connectivity index (χ2n) is 4.49. The summed E-state index contributed by atoms with van der Waals surface area (Å²) >= 11 is 12.0. The van der Waals surface area contributed by atoms with Crippen molar-refractivity contribution in [1.29, 1.82) is 0 Å². The van der Waals surface area contributed by atoms with Gasteiger partial charge in [-0.15, -0.1) is 0 Å². The molecule has 106 valence electrons. The molecule has 2 rings (SSSR count). The number of aryl methyl sites for hydroxylation is 2. The Kier molecular flexibility index (Phi) is 4.35. The predicted octanol–water partition coefficient (Wildman–Crippen LogP) is 3.53. The molecule has 0 radical (unpaired) electrons. The highest BCUT2D eigenvalue weighted by Gasteiger charge is 2.18. The van der Waals surface area contributed by atoms with Gasteiger partial charge < -0.3 is 5.73 Å². The van der Waals surface area contributed by atoms with Crippen LogP contribution in [0.4, 0.5) is 5.69 Å². The fraction of sp³-hybridized carbons (Fsp3) is 0.286. The molecule has 2 N–H and O–H groups in total. The molecule has 0 saturated carbocycles. The quantitative estimate of drug-likeness (QED) is 0.694. The largest absolute Gasteiger partial charge is 0.398 e. The molecule has 0 unspecified atom stereocenters. The van der Waals surface area contributed by atoms with Gasteiger partial charge in [-0.1, -0.05) is 23.2 Å². The number of halogens is 2. The molecule has 0 amide bonds. The average Bonchev–Trinajstić information content (AvgIpc) is 2.66. The molecule has 1 aromatic heterocycles. The number of ketones is 1. The molecular formula is C14H15Cl2N3O. The van der Waals surface area contributed by atoms with Crippen LogP contribution in [0.25, 0.3) is 0 Å². The molecule has 0 aliphatic heterocycles. The lowest BCUT2D eigenvalue weighted by atomic mass is 10.0. The van der Waals surface area contributed by atoms with Crippen molar-refractivity contribution in [3.63, 3.8) is 0 Å². The Morgan fingerprint density at radius 1 is 1.40 bits per heavy atom. The van der Waals surface area contributed by atoms with Crippen LogP contribution in [0, 0.1) is 6.92 Å². The van der Waals surface area contributed by atoms with Gasteiger partial charge >= 0.3 is 0 Å². The third-order valence-corrected chi connectivity index (χ3v) is 3.82. The lowest BCUT2D eigenvalue weighted by Crippen LogP contribution is -2.11. The first-order chi connectivity index (χ1) is 9.43. The zero-order chi connectivity index (χ0) is 14.9. The highest BCUT2D eigenvalue weighted by molar-refractivity contribution is 6.32. The summed E-state index contributed by atoms with van der Waals surface area (Å²) in [5.41, 5.74) is 8.09. The number of rotatable bonds is 4. The molecule has 4 nitrogen and oxygen atoms in total. The Balaban J connectivity index is 2.32. The van der Waals surface area contributed by atoms with Gasteiger partial charge in [-0.3, -0.25) is 9.48 Å². The molecule has 20 heavy (non-hydrogen) atoms. The zero-order valence-electron chi connectivity index (χ0n) is 11.3. The fourth-order valence-electron chi connectivity index (χ4n) is 2.07. The lowest BCUT2D eigenvalue weighted by molar-refractivity contribution is 0.0991. The van der Waals surface area contributed by atoms with Crippen molar-refractivity contribution in [3.05, 3.63) is 45.2 Å². The molecule has 0 aliphatic rings. The molecule has 0 spiro atoms. The Hall–Kier alpha value is -1.52. The first-order valence-electron chi connectivity index (χ1n) is 6.24. The summed E-state index contributed by atoms with van der Waals surface area (Å²) in [5, 5.41) is 5.33. The smallest absolute Gasteiger partial charge is 0.170 e. The number of hydrogen-bond acceptors (Lipinski definition) is 3. The number of Topliss-reactive ketones (excluding diaryl/α,β-unsaturated/α-hetero) is 1. The van der Waals surface area contributed by atoms with E-state index in [1.807, 2.05) is 13.8 Å². The molecular weight excluding hydrogens is 297 g/mol. The minimum absolute atomic E-state index is 0.101. The molecule has 0 bridgehead atoms. The highest BCUT2D eigenvalue weighted by Crippen LogP contribution is 2.24. The monoisotopic (exact) mass is 311 g/mol. The van der Waals surface area contributed by atoms with Gasteiger partial charge in [0.1, 0.15) is 0 Å². The SMILES string of the molecule is CCn1nc(C)c(Cl)c1CC(=O)c1ccc(Cl)cc1N. The molecule has 0 atom stereocenters. The minimum atomic E-state index is -0.101. The number of carbonyl (C=O) groups excluding carboxylic acids is 1. The van der Waals surface area contributed by atoms with Crippen LogP contribution >= 0.6 is 23.2 Å². The van der Waals surface area contributed by atoms with E-state index >= 15 is 0 Å². The molecule has 0 fully saturated rings. The predicted molar refractivity (Wildman–Crippen MR) is 81.5 cm³/mol.